The van der Waals surface area contributed by atoms with Crippen LogP contribution in [0.1, 0.15) is 54.3 Å². The van der Waals surface area contributed by atoms with Crippen LogP contribution in [0.15, 0.2) is 36.4 Å². The number of rotatable bonds is 5. The Labute approximate surface area is 190 Å². The Morgan fingerprint density at radius 1 is 1.15 bits per heavy atom. The number of alkyl halides is 1. The predicted octanol–water partition coefficient (Wildman–Crippen LogP) is 5.60. The third kappa shape index (κ3) is 3.50. The van der Waals surface area contributed by atoms with Gasteiger partial charge in [0.1, 0.15) is 18.2 Å². The number of hydrogen-bond donors (Lipinski definition) is 2. The number of halogens is 2. The minimum absolute atomic E-state index is 0.115. The summed E-state index contributed by atoms with van der Waals surface area (Å²) in [4.78, 5) is 11.8. The van der Waals surface area contributed by atoms with E-state index in [9.17, 15) is 23.8 Å². The second-order valence-corrected chi connectivity index (χ2v) is 9.48. The third-order valence-electron chi connectivity index (χ3n) is 7.43. The minimum Gasteiger partial charge on any atom is -0.508 e. The number of ether oxygens (including phenoxy) is 1. The molecular weight excluding hydrogens is 428 g/mol. The summed E-state index contributed by atoms with van der Waals surface area (Å²) >= 11 is 0. The molecular formula is C26H27F2NO4. The van der Waals surface area contributed by atoms with E-state index in [0.29, 0.717) is 18.8 Å². The molecule has 5 rings (SSSR count). The zero-order chi connectivity index (χ0) is 23.3. The molecule has 0 radical (unpaired) electrons. The molecule has 0 amide bonds. The number of benzene rings is 2. The Balaban J connectivity index is 1.75. The van der Waals surface area contributed by atoms with Gasteiger partial charge in [0.05, 0.1) is 10.9 Å². The molecule has 174 valence electrons. The molecule has 0 bridgehead atoms. The molecule has 2 fully saturated rings. The van der Waals surface area contributed by atoms with Gasteiger partial charge >= 0.3 is 5.97 Å². The first-order valence-electron chi connectivity index (χ1n) is 11.4. The number of aromatic hydroxyl groups is 1. The van der Waals surface area contributed by atoms with Gasteiger partial charge in [-0.25, -0.2) is 8.78 Å². The number of phenolic OH excluding ortho intramolecular Hbond substituents is 1. The Morgan fingerprint density at radius 2 is 1.88 bits per heavy atom. The van der Waals surface area contributed by atoms with Crippen LogP contribution < -0.4 is 0 Å². The van der Waals surface area contributed by atoms with Crippen LogP contribution in [0.2, 0.25) is 0 Å². The lowest BCUT2D eigenvalue weighted by Crippen LogP contribution is -2.44. The highest BCUT2D eigenvalue weighted by atomic mass is 19.1. The van der Waals surface area contributed by atoms with E-state index in [1.54, 1.807) is 31.2 Å². The number of fused-ring (bicyclic) bond motifs is 1. The molecule has 1 aromatic heterocycles. The van der Waals surface area contributed by atoms with Crippen molar-refractivity contribution in [3.05, 3.63) is 59.0 Å². The number of carboxylic acids is 1. The van der Waals surface area contributed by atoms with Crippen molar-refractivity contribution in [1.82, 2.24) is 4.57 Å². The summed E-state index contributed by atoms with van der Waals surface area (Å²) in [7, 11) is 0. The number of nitrogens with zero attached hydrogens (tertiary/aromatic N) is 1. The highest BCUT2D eigenvalue weighted by Gasteiger charge is 2.52. The average Bonchev–Trinajstić information content (AvgIpc) is 3.10. The summed E-state index contributed by atoms with van der Waals surface area (Å²) in [5.74, 6) is -1.26. The monoisotopic (exact) mass is 455 g/mol. The molecule has 1 saturated heterocycles. The number of phenols is 1. The van der Waals surface area contributed by atoms with Crippen LogP contribution in [0, 0.1) is 18.2 Å². The van der Waals surface area contributed by atoms with Crippen LogP contribution in [0.5, 0.6) is 5.75 Å². The zero-order valence-corrected chi connectivity index (χ0v) is 18.5. The van der Waals surface area contributed by atoms with Crippen molar-refractivity contribution in [3.63, 3.8) is 0 Å². The molecule has 0 spiro atoms. The summed E-state index contributed by atoms with van der Waals surface area (Å²) in [6, 6.07) is 10.2. The maximum Gasteiger partial charge on any atom is 0.312 e. The van der Waals surface area contributed by atoms with Gasteiger partial charge in [-0.3, -0.25) is 4.79 Å². The van der Waals surface area contributed by atoms with E-state index < -0.39 is 18.1 Å². The SMILES string of the molecule is Cc1cc(-n2c(C3CCOCC3)c([C@H]3C[C@](CF)(C(=O)O)C3)c3cc(O)ccc32)ccc1F. The van der Waals surface area contributed by atoms with E-state index >= 15 is 0 Å². The Bertz CT molecular complexity index is 1220. The van der Waals surface area contributed by atoms with Crippen molar-refractivity contribution in [3.8, 4) is 11.4 Å². The number of aromatic nitrogens is 1. The van der Waals surface area contributed by atoms with Crippen molar-refractivity contribution in [2.45, 2.75) is 44.4 Å². The Morgan fingerprint density at radius 3 is 2.52 bits per heavy atom. The van der Waals surface area contributed by atoms with Crippen molar-refractivity contribution >= 4 is 16.9 Å². The lowest BCUT2D eigenvalue weighted by Gasteiger charge is -2.43. The fourth-order valence-corrected chi connectivity index (χ4v) is 5.60. The summed E-state index contributed by atoms with van der Waals surface area (Å²) < 4.78 is 35.5. The molecule has 1 saturated carbocycles. The van der Waals surface area contributed by atoms with Crippen molar-refractivity contribution in [1.29, 1.82) is 0 Å². The van der Waals surface area contributed by atoms with E-state index in [0.717, 1.165) is 40.7 Å². The summed E-state index contributed by atoms with van der Waals surface area (Å²) in [6.45, 7) is 2.06. The standard InChI is InChI=1S/C26H27F2NO4/c1-15-10-18(2-4-21(15)28)29-22-5-3-19(30)11-20(22)23(24(29)16-6-8-33-9-7-16)17-12-26(13-17,14-27)25(31)32/h2-5,10-11,16-17,30H,6-9,12-14H2,1H3,(H,31,32)/t17-,26-. The maximum atomic E-state index is 14.1. The molecule has 3 aromatic rings. The quantitative estimate of drug-likeness (QED) is 0.526. The molecule has 2 aliphatic rings. The Kier molecular flexibility index (Phi) is 5.40. The smallest absolute Gasteiger partial charge is 0.312 e. The molecule has 5 nitrogen and oxygen atoms in total. The second-order valence-electron chi connectivity index (χ2n) is 9.48. The normalized spacial score (nSPS) is 23.5. The molecule has 0 unspecified atom stereocenters. The van der Waals surface area contributed by atoms with E-state index in [1.165, 1.54) is 6.07 Å². The number of aliphatic carboxylic acids is 1. The van der Waals surface area contributed by atoms with E-state index in [1.807, 2.05) is 6.07 Å². The van der Waals surface area contributed by atoms with Gasteiger partial charge in [-0.05, 0) is 86.1 Å². The molecule has 2 heterocycles. The first kappa shape index (κ1) is 21.9. The van der Waals surface area contributed by atoms with Gasteiger partial charge in [0.15, 0.2) is 0 Å². The number of carboxylic acid groups (broad SMARTS) is 1. The summed E-state index contributed by atoms with van der Waals surface area (Å²) in [5.41, 5.74) is 2.86. The summed E-state index contributed by atoms with van der Waals surface area (Å²) in [5, 5.41) is 20.8. The molecule has 7 heteroatoms. The number of aryl methyl sites for hydroxylation is 1. The topological polar surface area (TPSA) is 71.7 Å². The Hall–Kier alpha value is -2.93. The molecule has 0 atom stereocenters. The van der Waals surface area contributed by atoms with E-state index in [2.05, 4.69) is 4.57 Å². The lowest BCUT2D eigenvalue weighted by atomic mass is 9.59. The van der Waals surface area contributed by atoms with Crippen LogP contribution in [0.25, 0.3) is 16.6 Å². The first-order chi connectivity index (χ1) is 15.8. The van der Waals surface area contributed by atoms with Crippen LogP contribution in [-0.4, -0.2) is 40.6 Å². The van der Waals surface area contributed by atoms with Gasteiger partial charge < -0.3 is 19.5 Å². The van der Waals surface area contributed by atoms with Gasteiger partial charge in [-0.15, -0.1) is 0 Å². The third-order valence-corrected chi connectivity index (χ3v) is 7.43. The van der Waals surface area contributed by atoms with Crippen LogP contribution in [0.4, 0.5) is 8.78 Å². The molecule has 33 heavy (non-hydrogen) atoms. The number of hydrogen-bond acceptors (Lipinski definition) is 3. The lowest BCUT2D eigenvalue weighted by molar-refractivity contribution is -0.157. The van der Waals surface area contributed by atoms with Crippen molar-refractivity contribution in [2.24, 2.45) is 5.41 Å². The second kappa shape index (κ2) is 8.13. The van der Waals surface area contributed by atoms with Gasteiger partial charge in [-0.2, -0.15) is 0 Å². The van der Waals surface area contributed by atoms with E-state index in [4.69, 9.17) is 4.74 Å². The van der Waals surface area contributed by atoms with Crippen molar-refractivity contribution in [2.75, 3.05) is 19.9 Å². The largest absolute Gasteiger partial charge is 0.508 e. The summed E-state index contributed by atoms with van der Waals surface area (Å²) in [6.07, 6.45) is 2.03. The fraction of sp³-hybridized carbons (Fsp3) is 0.423. The van der Waals surface area contributed by atoms with E-state index in [-0.39, 0.29) is 36.2 Å². The predicted molar refractivity (Wildman–Crippen MR) is 120 cm³/mol. The van der Waals surface area contributed by atoms with Crippen LogP contribution >= 0.6 is 0 Å². The van der Waals surface area contributed by atoms with Gasteiger partial charge in [0.25, 0.3) is 0 Å². The maximum absolute atomic E-state index is 14.1. The van der Waals surface area contributed by atoms with Gasteiger partial charge in [0, 0.05) is 35.9 Å². The van der Waals surface area contributed by atoms with Gasteiger partial charge in [0.2, 0.25) is 0 Å². The van der Waals surface area contributed by atoms with Crippen molar-refractivity contribution < 1.29 is 28.5 Å². The van der Waals surface area contributed by atoms with Crippen LogP contribution in [0.3, 0.4) is 0 Å². The van der Waals surface area contributed by atoms with Gasteiger partial charge in [-0.1, -0.05) is 0 Å². The highest BCUT2D eigenvalue weighted by molar-refractivity contribution is 5.90. The first-order valence-corrected chi connectivity index (χ1v) is 11.4. The molecule has 2 N–H and O–H groups in total. The highest BCUT2D eigenvalue weighted by Crippen LogP contribution is 2.56. The van der Waals surface area contributed by atoms with Crippen LogP contribution in [-0.2, 0) is 9.53 Å². The molecule has 1 aliphatic carbocycles. The minimum atomic E-state index is -1.35. The molecule has 1 aliphatic heterocycles. The fourth-order valence-electron chi connectivity index (χ4n) is 5.60. The average molecular weight is 456 g/mol. The zero-order valence-electron chi connectivity index (χ0n) is 18.5. The number of carbonyl (C=O) groups is 1. The molecule has 2 aromatic carbocycles.